The Morgan fingerprint density at radius 1 is 1.20 bits per heavy atom. The zero-order valence-corrected chi connectivity index (χ0v) is 17.0. The minimum absolute atomic E-state index is 0.0464. The lowest BCUT2D eigenvalue weighted by molar-refractivity contribution is -0.134. The van der Waals surface area contributed by atoms with Gasteiger partial charge in [-0.3, -0.25) is 9.59 Å². The van der Waals surface area contributed by atoms with Gasteiger partial charge in [-0.2, -0.15) is 0 Å². The van der Waals surface area contributed by atoms with Gasteiger partial charge in [0.15, 0.2) is 11.5 Å². The molecule has 0 bridgehead atoms. The molecule has 0 saturated carbocycles. The van der Waals surface area contributed by atoms with Crippen LogP contribution in [0.15, 0.2) is 42.5 Å². The number of carbonyl (C=O) groups excluding carboxylic acids is 2. The van der Waals surface area contributed by atoms with E-state index in [1.807, 2.05) is 25.1 Å². The number of amides is 2. The normalized spacial score (nSPS) is 13.0. The molecule has 1 aliphatic rings. The third-order valence-electron chi connectivity index (χ3n) is 4.79. The molecule has 0 saturated heterocycles. The Morgan fingerprint density at radius 3 is 2.73 bits per heavy atom. The predicted molar refractivity (Wildman–Crippen MR) is 108 cm³/mol. The Morgan fingerprint density at radius 2 is 1.97 bits per heavy atom. The lowest BCUT2D eigenvalue weighted by Gasteiger charge is -2.29. The van der Waals surface area contributed by atoms with Gasteiger partial charge < -0.3 is 24.4 Å². The van der Waals surface area contributed by atoms with Crippen molar-refractivity contribution in [2.24, 2.45) is 0 Å². The summed E-state index contributed by atoms with van der Waals surface area (Å²) >= 11 is 0. The minimum Gasteiger partial charge on any atom is -0.454 e. The summed E-state index contributed by atoms with van der Waals surface area (Å²) in [6.07, 6.45) is 0.0821. The van der Waals surface area contributed by atoms with Crippen molar-refractivity contribution in [3.05, 3.63) is 59.4 Å². The van der Waals surface area contributed by atoms with Crippen LogP contribution in [0.4, 0.5) is 4.39 Å². The summed E-state index contributed by atoms with van der Waals surface area (Å²) < 4.78 is 29.6. The van der Waals surface area contributed by atoms with E-state index < -0.39 is 11.7 Å². The van der Waals surface area contributed by atoms with Crippen molar-refractivity contribution < 1.29 is 28.2 Å². The number of halogens is 1. The van der Waals surface area contributed by atoms with Crippen molar-refractivity contribution in [3.63, 3.8) is 0 Å². The van der Waals surface area contributed by atoms with E-state index in [4.69, 9.17) is 14.2 Å². The van der Waals surface area contributed by atoms with Crippen LogP contribution in [0.2, 0.25) is 0 Å². The summed E-state index contributed by atoms with van der Waals surface area (Å²) in [6, 6.07) is 11.1. The zero-order chi connectivity index (χ0) is 21.5. The number of methoxy groups -OCH3 is 1. The molecule has 0 aliphatic carbocycles. The highest BCUT2D eigenvalue weighted by Crippen LogP contribution is 2.33. The van der Waals surface area contributed by atoms with Gasteiger partial charge in [0.1, 0.15) is 5.82 Å². The fourth-order valence-corrected chi connectivity index (χ4v) is 3.22. The van der Waals surface area contributed by atoms with Crippen LogP contribution in [0, 0.1) is 5.82 Å². The molecular formula is C22H25FN2O5. The fourth-order valence-electron chi connectivity index (χ4n) is 3.22. The van der Waals surface area contributed by atoms with Crippen LogP contribution >= 0.6 is 0 Å². The van der Waals surface area contributed by atoms with E-state index in [9.17, 15) is 14.0 Å². The molecule has 0 radical (unpaired) electrons. The standard InChI is InChI=1S/C22H25FN2O5/c1-15(13-28-2)25(12-16-7-8-19-20(11-16)30-14-29-19)21(26)9-10-24-22(27)17-5-3-4-6-18(17)23/h3-8,11,15H,9-10,12-14H2,1-2H3,(H,24,27). The Labute approximate surface area is 174 Å². The molecule has 0 fully saturated rings. The van der Waals surface area contributed by atoms with Crippen molar-refractivity contribution in [2.75, 3.05) is 27.1 Å². The van der Waals surface area contributed by atoms with Crippen molar-refractivity contribution in [1.29, 1.82) is 0 Å². The van der Waals surface area contributed by atoms with Gasteiger partial charge in [-0.05, 0) is 36.8 Å². The van der Waals surface area contributed by atoms with Crippen molar-refractivity contribution in [2.45, 2.75) is 25.9 Å². The number of ether oxygens (including phenoxy) is 3. The van der Waals surface area contributed by atoms with Gasteiger partial charge in [0, 0.05) is 26.6 Å². The molecule has 8 heteroatoms. The minimum atomic E-state index is -0.598. The maximum atomic E-state index is 13.7. The Balaban J connectivity index is 1.61. The quantitative estimate of drug-likeness (QED) is 0.680. The summed E-state index contributed by atoms with van der Waals surface area (Å²) in [5.41, 5.74) is 0.848. The Kier molecular flexibility index (Phi) is 7.24. The van der Waals surface area contributed by atoms with Crippen molar-refractivity contribution in [3.8, 4) is 11.5 Å². The molecule has 7 nitrogen and oxygen atoms in total. The van der Waals surface area contributed by atoms with E-state index in [0.717, 1.165) is 5.56 Å². The van der Waals surface area contributed by atoms with E-state index in [-0.39, 0.29) is 37.3 Å². The first kappa shape index (κ1) is 21.6. The maximum absolute atomic E-state index is 13.7. The Bertz CT molecular complexity index is 905. The second-order valence-corrected chi connectivity index (χ2v) is 7.00. The van der Waals surface area contributed by atoms with Gasteiger partial charge in [-0.15, -0.1) is 0 Å². The second kappa shape index (κ2) is 10.1. The molecule has 2 aromatic rings. The van der Waals surface area contributed by atoms with Gasteiger partial charge in [0.25, 0.3) is 5.91 Å². The number of benzene rings is 2. The zero-order valence-electron chi connectivity index (χ0n) is 17.0. The van der Waals surface area contributed by atoms with E-state index >= 15 is 0 Å². The summed E-state index contributed by atoms with van der Waals surface area (Å²) in [7, 11) is 1.58. The topological polar surface area (TPSA) is 77.1 Å². The largest absolute Gasteiger partial charge is 0.454 e. The highest BCUT2D eigenvalue weighted by Gasteiger charge is 2.22. The first-order valence-corrected chi connectivity index (χ1v) is 9.69. The van der Waals surface area contributed by atoms with Crippen LogP contribution in [0.1, 0.15) is 29.3 Å². The number of hydrogen-bond donors (Lipinski definition) is 1. The average molecular weight is 416 g/mol. The molecular weight excluding hydrogens is 391 g/mol. The van der Waals surface area contributed by atoms with Gasteiger partial charge in [-0.25, -0.2) is 4.39 Å². The highest BCUT2D eigenvalue weighted by molar-refractivity contribution is 5.94. The van der Waals surface area contributed by atoms with E-state index in [1.54, 1.807) is 18.1 Å². The highest BCUT2D eigenvalue weighted by atomic mass is 19.1. The third-order valence-corrected chi connectivity index (χ3v) is 4.79. The number of nitrogens with one attached hydrogen (secondary N) is 1. The fraction of sp³-hybridized carbons (Fsp3) is 0.364. The first-order chi connectivity index (χ1) is 14.5. The molecule has 0 spiro atoms. The van der Waals surface area contributed by atoms with Crippen LogP contribution in [-0.4, -0.2) is 49.8 Å². The lowest BCUT2D eigenvalue weighted by atomic mass is 10.1. The monoisotopic (exact) mass is 416 g/mol. The van der Waals surface area contributed by atoms with Crippen molar-refractivity contribution in [1.82, 2.24) is 10.2 Å². The van der Waals surface area contributed by atoms with Gasteiger partial charge in [-0.1, -0.05) is 18.2 Å². The summed E-state index contributed by atoms with van der Waals surface area (Å²) in [6.45, 7) is 2.91. The predicted octanol–water partition coefficient (Wildman–Crippen LogP) is 2.74. The van der Waals surface area contributed by atoms with E-state index in [1.165, 1.54) is 18.2 Å². The molecule has 1 N–H and O–H groups in total. The van der Waals surface area contributed by atoms with Crippen LogP contribution < -0.4 is 14.8 Å². The smallest absolute Gasteiger partial charge is 0.254 e. The number of fused-ring (bicyclic) bond motifs is 1. The molecule has 2 aromatic carbocycles. The molecule has 3 rings (SSSR count). The number of rotatable bonds is 9. The van der Waals surface area contributed by atoms with Gasteiger partial charge >= 0.3 is 0 Å². The van der Waals surface area contributed by atoms with Gasteiger partial charge in [0.2, 0.25) is 12.7 Å². The number of carbonyl (C=O) groups is 2. The first-order valence-electron chi connectivity index (χ1n) is 9.69. The van der Waals surface area contributed by atoms with E-state index in [2.05, 4.69) is 5.32 Å². The molecule has 2 amide bonds. The molecule has 1 aliphatic heterocycles. The number of nitrogens with zero attached hydrogens (tertiary/aromatic N) is 1. The molecule has 1 heterocycles. The van der Waals surface area contributed by atoms with Crippen LogP contribution in [0.25, 0.3) is 0 Å². The van der Waals surface area contributed by atoms with Crippen LogP contribution in [0.3, 0.4) is 0 Å². The van der Waals surface area contributed by atoms with Gasteiger partial charge in [0.05, 0.1) is 18.2 Å². The molecule has 1 atom stereocenters. The van der Waals surface area contributed by atoms with Crippen LogP contribution in [-0.2, 0) is 16.1 Å². The summed E-state index contributed by atoms with van der Waals surface area (Å²) in [4.78, 5) is 26.7. The summed E-state index contributed by atoms with van der Waals surface area (Å²) in [5.74, 6) is 0.0348. The van der Waals surface area contributed by atoms with E-state index in [0.29, 0.717) is 24.7 Å². The maximum Gasteiger partial charge on any atom is 0.254 e. The summed E-state index contributed by atoms with van der Waals surface area (Å²) in [5, 5.41) is 2.60. The molecule has 30 heavy (non-hydrogen) atoms. The lowest BCUT2D eigenvalue weighted by Crippen LogP contribution is -2.42. The molecule has 160 valence electrons. The number of hydrogen-bond acceptors (Lipinski definition) is 5. The Hall–Kier alpha value is -3.13. The molecule has 1 unspecified atom stereocenters. The second-order valence-electron chi connectivity index (χ2n) is 7.00. The average Bonchev–Trinajstić information content (AvgIpc) is 3.20. The van der Waals surface area contributed by atoms with Crippen molar-refractivity contribution >= 4 is 11.8 Å². The SMILES string of the molecule is COCC(C)N(Cc1ccc2c(c1)OCO2)C(=O)CCNC(=O)c1ccccc1F. The molecule has 0 aromatic heterocycles. The van der Waals surface area contributed by atoms with Crippen LogP contribution in [0.5, 0.6) is 11.5 Å². The third kappa shape index (κ3) is 5.27.